The van der Waals surface area contributed by atoms with Gasteiger partial charge in [0.25, 0.3) is 0 Å². The Kier molecular flexibility index (Phi) is 3.34. The predicted octanol–water partition coefficient (Wildman–Crippen LogP) is 3.77. The van der Waals surface area contributed by atoms with Gasteiger partial charge in [-0.25, -0.2) is 4.98 Å². The smallest absolute Gasteiger partial charge is 0.114 e. The lowest BCUT2D eigenvalue weighted by Crippen LogP contribution is -2.53. The third-order valence-electron chi connectivity index (χ3n) is 4.58. The Morgan fingerprint density at radius 3 is 2.29 bits per heavy atom. The highest BCUT2D eigenvalue weighted by atomic mass is 32.1. The van der Waals surface area contributed by atoms with Gasteiger partial charge >= 0.3 is 0 Å². The molecule has 0 aromatic carbocycles. The fourth-order valence-corrected chi connectivity index (χ4v) is 4.45. The number of rotatable bonds is 2. The molecule has 0 radical (unpaired) electrons. The lowest BCUT2D eigenvalue weighted by molar-refractivity contribution is 0.0666. The second kappa shape index (κ2) is 4.36. The molecule has 3 heteroatoms. The molecule has 1 unspecified atom stereocenters. The summed E-state index contributed by atoms with van der Waals surface area (Å²) in [5.41, 5.74) is 1.56. The second-order valence-corrected chi connectivity index (χ2v) is 7.11. The van der Waals surface area contributed by atoms with Gasteiger partial charge in [-0.1, -0.05) is 26.7 Å². The van der Waals surface area contributed by atoms with Crippen molar-refractivity contribution >= 4 is 11.3 Å². The molecule has 17 heavy (non-hydrogen) atoms. The first-order valence-electron chi connectivity index (χ1n) is 6.56. The summed E-state index contributed by atoms with van der Waals surface area (Å²) in [6.07, 6.45) is 5.15. The molecule has 1 heterocycles. The van der Waals surface area contributed by atoms with E-state index in [2.05, 4.69) is 40.1 Å². The van der Waals surface area contributed by atoms with Crippen molar-refractivity contribution in [2.24, 2.45) is 5.41 Å². The van der Waals surface area contributed by atoms with Gasteiger partial charge in [-0.3, -0.25) is 0 Å². The molecule has 1 saturated carbocycles. The van der Waals surface area contributed by atoms with E-state index >= 15 is 0 Å². The number of aryl methyl sites for hydroxylation is 2. The van der Waals surface area contributed by atoms with E-state index in [1.165, 1.54) is 41.3 Å². The Morgan fingerprint density at radius 1 is 1.18 bits per heavy atom. The third-order valence-corrected chi connectivity index (χ3v) is 5.81. The molecule has 96 valence electrons. The average molecular weight is 252 g/mol. The first kappa shape index (κ1) is 13.0. The summed E-state index contributed by atoms with van der Waals surface area (Å²) in [5, 5.41) is 4.90. The highest BCUT2D eigenvalue weighted by molar-refractivity contribution is 7.11. The van der Waals surface area contributed by atoms with Gasteiger partial charge in [0.05, 0.1) is 11.2 Å². The lowest BCUT2D eigenvalue weighted by Gasteiger charge is -2.49. The SMILES string of the molecule is CNC1(c2nc(C)c(C)s2)CCCCC1(C)C. The van der Waals surface area contributed by atoms with Crippen LogP contribution >= 0.6 is 11.3 Å². The Bertz CT molecular complexity index is 389. The molecule has 1 fully saturated rings. The molecule has 1 aromatic heterocycles. The minimum atomic E-state index is 0.0783. The van der Waals surface area contributed by atoms with Crippen LogP contribution in [-0.4, -0.2) is 12.0 Å². The van der Waals surface area contributed by atoms with E-state index in [-0.39, 0.29) is 11.0 Å². The summed E-state index contributed by atoms with van der Waals surface area (Å²) in [7, 11) is 2.10. The Balaban J connectivity index is 2.49. The molecular formula is C14H24N2S. The third kappa shape index (κ3) is 1.93. The molecule has 1 aliphatic carbocycles. The number of hydrogen-bond acceptors (Lipinski definition) is 3. The minimum absolute atomic E-state index is 0.0783. The standard InChI is InChI=1S/C14H24N2S/c1-10-11(2)17-12(16-10)14(15-5)9-7-6-8-13(14,3)4/h15H,6-9H2,1-5H3. The molecule has 0 spiro atoms. The Morgan fingerprint density at radius 2 is 1.82 bits per heavy atom. The zero-order chi connectivity index (χ0) is 12.7. The summed E-state index contributed by atoms with van der Waals surface area (Å²) < 4.78 is 0. The summed E-state index contributed by atoms with van der Waals surface area (Å²) in [6, 6.07) is 0. The number of nitrogens with one attached hydrogen (secondary N) is 1. The van der Waals surface area contributed by atoms with Crippen LogP contribution in [0.3, 0.4) is 0 Å². The maximum Gasteiger partial charge on any atom is 0.114 e. The molecule has 2 nitrogen and oxygen atoms in total. The van der Waals surface area contributed by atoms with E-state index < -0.39 is 0 Å². The molecule has 0 bridgehead atoms. The second-order valence-electron chi connectivity index (χ2n) is 5.91. The molecule has 1 N–H and O–H groups in total. The summed E-state index contributed by atoms with van der Waals surface area (Å²) in [4.78, 5) is 6.19. The van der Waals surface area contributed by atoms with Gasteiger partial charge in [0.15, 0.2) is 0 Å². The van der Waals surface area contributed by atoms with Crippen molar-refractivity contribution in [3.05, 3.63) is 15.6 Å². The van der Waals surface area contributed by atoms with E-state index in [0.717, 1.165) is 0 Å². The Labute approximate surface area is 109 Å². The van der Waals surface area contributed by atoms with Crippen molar-refractivity contribution in [2.75, 3.05) is 7.05 Å². The fraction of sp³-hybridized carbons (Fsp3) is 0.786. The van der Waals surface area contributed by atoms with Crippen molar-refractivity contribution in [2.45, 2.75) is 58.9 Å². The van der Waals surface area contributed by atoms with Gasteiger partial charge in [-0.2, -0.15) is 0 Å². The van der Waals surface area contributed by atoms with E-state index in [4.69, 9.17) is 4.98 Å². The van der Waals surface area contributed by atoms with Crippen LogP contribution in [0.2, 0.25) is 0 Å². The zero-order valence-corrected chi connectivity index (χ0v) is 12.5. The number of thiazole rings is 1. The van der Waals surface area contributed by atoms with Gasteiger partial charge in [-0.15, -0.1) is 11.3 Å². The van der Waals surface area contributed by atoms with Crippen molar-refractivity contribution in [1.82, 2.24) is 10.3 Å². The molecule has 0 aliphatic heterocycles. The largest absolute Gasteiger partial charge is 0.308 e. The number of hydrogen-bond donors (Lipinski definition) is 1. The normalized spacial score (nSPS) is 28.3. The van der Waals surface area contributed by atoms with Crippen molar-refractivity contribution in [3.63, 3.8) is 0 Å². The first-order chi connectivity index (χ1) is 7.93. The summed E-state index contributed by atoms with van der Waals surface area (Å²) in [6.45, 7) is 9.06. The molecular weight excluding hydrogens is 228 g/mol. The highest BCUT2D eigenvalue weighted by Crippen LogP contribution is 2.51. The van der Waals surface area contributed by atoms with Crippen LogP contribution in [0.4, 0.5) is 0 Å². The highest BCUT2D eigenvalue weighted by Gasteiger charge is 2.48. The summed E-state index contributed by atoms with van der Waals surface area (Å²) in [5.74, 6) is 0. The quantitative estimate of drug-likeness (QED) is 0.866. The van der Waals surface area contributed by atoms with Gasteiger partial charge in [0, 0.05) is 4.88 Å². The lowest BCUT2D eigenvalue weighted by atomic mass is 9.63. The van der Waals surface area contributed by atoms with Gasteiger partial charge < -0.3 is 5.32 Å². The van der Waals surface area contributed by atoms with E-state index in [1.807, 2.05) is 11.3 Å². The van der Waals surface area contributed by atoms with Crippen LogP contribution in [0.5, 0.6) is 0 Å². The van der Waals surface area contributed by atoms with Crippen LogP contribution in [0.25, 0.3) is 0 Å². The molecule has 0 amide bonds. The minimum Gasteiger partial charge on any atom is -0.308 e. The maximum atomic E-state index is 4.83. The van der Waals surface area contributed by atoms with Gasteiger partial charge in [-0.05, 0) is 39.2 Å². The molecule has 2 rings (SSSR count). The van der Waals surface area contributed by atoms with Crippen LogP contribution in [-0.2, 0) is 5.54 Å². The van der Waals surface area contributed by atoms with E-state index in [1.54, 1.807) is 0 Å². The van der Waals surface area contributed by atoms with Crippen molar-refractivity contribution in [3.8, 4) is 0 Å². The Hall–Kier alpha value is -0.410. The summed E-state index contributed by atoms with van der Waals surface area (Å²) >= 11 is 1.87. The van der Waals surface area contributed by atoms with Gasteiger partial charge in [0.1, 0.15) is 5.01 Å². The molecule has 1 aromatic rings. The molecule has 1 aliphatic rings. The van der Waals surface area contributed by atoms with Crippen LogP contribution in [0.1, 0.15) is 55.1 Å². The topological polar surface area (TPSA) is 24.9 Å². The van der Waals surface area contributed by atoms with Crippen LogP contribution in [0.15, 0.2) is 0 Å². The average Bonchev–Trinajstić information content (AvgIpc) is 2.59. The molecule has 1 atom stereocenters. The van der Waals surface area contributed by atoms with Crippen molar-refractivity contribution < 1.29 is 0 Å². The fourth-order valence-electron chi connectivity index (χ4n) is 3.13. The predicted molar refractivity (Wildman–Crippen MR) is 74.6 cm³/mol. The molecule has 0 saturated heterocycles. The number of nitrogens with zero attached hydrogens (tertiary/aromatic N) is 1. The van der Waals surface area contributed by atoms with E-state index in [0.29, 0.717) is 0 Å². The van der Waals surface area contributed by atoms with Crippen molar-refractivity contribution in [1.29, 1.82) is 0 Å². The van der Waals surface area contributed by atoms with Crippen LogP contribution < -0.4 is 5.32 Å². The van der Waals surface area contributed by atoms with Gasteiger partial charge in [0.2, 0.25) is 0 Å². The van der Waals surface area contributed by atoms with E-state index in [9.17, 15) is 0 Å². The monoisotopic (exact) mass is 252 g/mol. The van der Waals surface area contributed by atoms with Crippen LogP contribution in [0, 0.1) is 19.3 Å². The number of aromatic nitrogens is 1. The zero-order valence-electron chi connectivity index (χ0n) is 11.7. The first-order valence-corrected chi connectivity index (χ1v) is 7.38. The maximum absolute atomic E-state index is 4.83.